The predicted molar refractivity (Wildman–Crippen MR) is 129 cm³/mol. The number of hydrogen-bond acceptors (Lipinski definition) is 5. The summed E-state index contributed by atoms with van der Waals surface area (Å²) in [6.45, 7) is 8.40. The Bertz CT molecular complexity index is 1040. The van der Waals surface area contributed by atoms with Crippen LogP contribution in [0.25, 0.3) is 5.69 Å². The van der Waals surface area contributed by atoms with Gasteiger partial charge in [0, 0.05) is 43.9 Å². The lowest BCUT2D eigenvalue weighted by Crippen LogP contribution is -2.46. The summed E-state index contributed by atoms with van der Waals surface area (Å²) in [5.41, 5.74) is 0.961. The van der Waals surface area contributed by atoms with Gasteiger partial charge in [0.25, 0.3) is 5.91 Å². The number of amides is 2. The van der Waals surface area contributed by atoms with Crippen LogP contribution < -0.4 is 10.7 Å². The molecule has 1 aromatic heterocycles. The van der Waals surface area contributed by atoms with Gasteiger partial charge < -0.3 is 15.1 Å². The van der Waals surface area contributed by atoms with Crippen LogP contribution in [0.1, 0.15) is 42.9 Å². The zero-order valence-corrected chi connectivity index (χ0v) is 20.3. The van der Waals surface area contributed by atoms with E-state index in [-0.39, 0.29) is 34.3 Å². The van der Waals surface area contributed by atoms with Gasteiger partial charge >= 0.3 is 0 Å². The summed E-state index contributed by atoms with van der Waals surface area (Å²) in [5, 5.41) is 7.46. The van der Waals surface area contributed by atoms with E-state index >= 15 is 0 Å². The molecule has 0 spiro atoms. The molecule has 1 N–H and O–H groups in total. The molecule has 1 aromatic carbocycles. The van der Waals surface area contributed by atoms with E-state index in [2.05, 4.69) is 29.2 Å². The van der Waals surface area contributed by atoms with Crippen molar-refractivity contribution in [3.8, 4) is 5.69 Å². The van der Waals surface area contributed by atoms with Crippen LogP contribution in [-0.4, -0.2) is 71.7 Å². The van der Waals surface area contributed by atoms with Gasteiger partial charge in [-0.05, 0) is 51.4 Å². The number of aryl methyl sites for hydroxylation is 1. The van der Waals surface area contributed by atoms with Gasteiger partial charge in [-0.2, -0.15) is 5.10 Å². The van der Waals surface area contributed by atoms with Crippen LogP contribution in [0.5, 0.6) is 0 Å². The van der Waals surface area contributed by atoms with Crippen molar-refractivity contribution < 1.29 is 9.59 Å². The smallest absolute Gasteiger partial charge is 0.278 e. The molecule has 0 unspecified atom stereocenters. The van der Waals surface area contributed by atoms with E-state index in [1.54, 1.807) is 16.5 Å². The highest BCUT2D eigenvalue weighted by Crippen LogP contribution is 2.20. The maximum atomic E-state index is 13.1. The second-order valence-corrected chi connectivity index (χ2v) is 9.93. The second kappa shape index (κ2) is 10.3. The average molecular weight is 454 g/mol. The maximum Gasteiger partial charge on any atom is 0.278 e. The molecule has 8 nitrogen and oxygen atoms in total. The van der Waals surface area contributed by atoms with Gasteiger partial charge in [0.2, 0.25) is 11.3 Å². The molecule has 0 atom stereocenters. The van der Waals surface area contributed by atoms with Crippen LogP contribution in [0.4, 0.5) is 0 Å². The topological polar surface area (TPSA) is 87.5 Å². The Morgan fingerprint density at radius 1 is 1.15 bits per heavy atom. The van der Waals surface area contributed by atoms with Crippen LogP contribution in [0.3, 0.4) is 0 Å². The van der Waals surface area contributed by atoms with E-state index in [1.165, 1.54) is 6.07 Å². The quantitative estimate of drug-likeness (QED) is 0.694. The van der Waals surface area contributed by atoms with Crippen molar-refractivity contribution in [2.45, 2.75) is 33.6 Å². The molecule has 33 heavy (non-hydrogen) atoms. The molecule has 178 valence electrons. The number of hydrogen-bond donors (Lipinski definition) is 1. The third-order valence-electron chi connectivity index (χ3n) is 5.95. The summed E-state index contributed by atoms with van der Waals surface area (Å²) in [6, 6.07) is 10.9. The van der Waals surface area contributed by atoms with E-state index < -0.39 is 0 Å². The molecule has 1 aliphatic heterocycles. The first-order valence-electron chi connectivity index (χ1n) is 11.5. The van der Waals surface area contributed by atoms with Crippen molar-refractivity contribution in [1.82, 2.24) is 24.9 Å². The third-order valence-corrected chi connectivity index (χ3v) is 5.95. The summed E-state index contributed by atoms with van der Waals surface area (Å²) in [5.74, 6) is -0.472. The molecule has 0 saturated carbocycles. The fourth-order valence-corrected chi connectivity index (χ4v) is 4.40. The number of carbonyl (C=O) groups is 2. The maximum absolute atomic E-state index is 13.1. The van der Waals surface area contributed by atoms with Crippen LogP contribution in [0, 0.1) is 18.3 Å². The summed E-state index contributed by atoms with van der Waals surface area (Å²) < 4.78 is 1.62. The molecule has 0 bridgehead atoms. The van der Waals surface area contributed by atoms with E-state index in [0.717, 1.165) is 12.2 Å². The normalized spacial score (nSPS) is 15.0. The predicted octanol–water partition coefficient (Wildman–Crippen LogP) is 2.10. The van der Waals surface area contributed by atoms with Crippen molar-refractivity contribution in [1.29, 1.82) is 0 Å². The van der Waals surface area contributed by atoms with Crippen LogP contribution in [0.2, 0.25) is 0 Å². The fraction of sp³-hybridized carbons (Fsp3) is 0.520. The Kier molecular flexibility index (Phi) is 7.68. The largest absolute Gasteiger partial charge is 0.355 e. The Morgan fingerprint density at radius 2 is 1.79 bits per heavy atom. The monoisotopic (exact) mass is 453 g/mol. The Balaban J connectivity index is 1.63. The van der Waals surface area contributed by atoms with E-state index in [1.807, 2.05) is 44.4 Å². The zero-order chi connectivity index (χ0) is 24.2. The van der Waals surface area contributed by atoms with Crippen molar-refractivity contribution in [2.75, 3.05) is 40.3 Å². The summed E-state index contributed by atoms with van der Waals surface area (Å²) in [4.78, 5) is 42.1. The number of aromatic nitrogens is 2. The van der Waals surface area contributed by atoms with Gasteiger partial charge in [0.05, 0.1) is 5.69 Å². The molecule has 2 heterocycles. The highest BCUT2D eigenvalue weighted by atomic mass is 16.2. The minimum Gasteiger partial charge on any atom is -0.355 e. The number of likely N-dealkylation sites (tertiary alicyclic amines) is 1. The number of nitrogens with zero attached hydrogens (tertiary/aromatic N) is 4. The molecule has 1 aliphatic rings. The molecular weight excluding hydrogens is 418 g/mol. The van der Waals surface area contributed by atoms with Crippen molar-refractivity contribution >= 4 is 11.8 Å². The molecule has 2 amide bonds. The molecule has 3 rings (SSSR count). The number of piperidine rings is 1. The lowest BCUT2D eigenvalue weighted by atomic mass is 9.91. The van der Waals surface area contributed by atoms with Gasteiger partial charge in [0.1, 0.15) is 0 Å². The molecule has 8 heteroatoms. The Morgan fingerprint density at radius 3 is 2.39 bits per heavy atom. The molecule has 0 aliphatic carbocycles. The Labute approximate surface area is 195 Å². The zero-order valence-electron chi connectivity index (χ0n) is 20.3. The van der Waals surface area contributed by atoms with E-state index in [0.29, 0.717) is 38.2 Å². The van der Waals surface area contributed by atoms with Crippen LogP contribution >= 0.6 is 0 Å². The van der Waals surface area contributed by atoms with Crippen molar-refractivity contribution in [3.05, 3.63) is 58.0 Å². The van der Waals surface area contributed by atoms with Gasteiger partial charge in [-0.15, -0.1) is 0 Å². The SMILES string of the molecule is Cc1cc(=O)c(C(=O)N2CCC(C(=O)NCC(C)(C)CN(C)C)CC2)nn1-c1ccccc1. The molecule has 0 radical (unpaired) electrons. The second-order valence-electron chi connectivity index (χ2n) is 9.93. The standard InChI is InChI=1S/C25H35N5O3/c1-18-15-21(31)22(27-30(18)20-9-7-6-8-10-20)24(33)29-13-11-19(12-14-29)23(32)26-16-25(2,3)17-28(4)5/h6-10,15,19H,11-14,16-17H2,1-5H3,(H,26,32). The molecule has 2 aromatic rings. The van der Waals surface area contributed by atoms with Gasteiger partial charge in [-0.25, -0.2) is 4.68 Å². The number of carbonyl (C=O) groups excluding carboxylic acids is 2. The first-order valence-corrected chi connectivity index (χ1v) is 11.5. The lowest BCUT2D eigenvalue weighted by Gasteiger charge is -2.33. The lowest BCUT2D eigenvalue weighted by molar-refractivity contribution is -0.126. The van der Waals surface area contributed by atoms with Crippen LogP contribution in [0.15, 0.2) is 41.2 Å². The fourth-order valence-electron chi connectivity index (χ4n) is 4.40. The number of rotatable bonds is 7. The Hall–Kier alpha value is -3.00. The van der Waals surface area contributed by atoms with Gasteiger partial charge in [-0.1, -0.05) is 32.0 Å². The third kappa shape index (κ3) is 6.28. The molecule has 1 saturated heterocycles. The van der Waals surface area contributed by atoms with Crippen molar-refractivity contribution in [2.24, 2.45) is 11.3 Å². The van der Waals surface area contributed by atoms with Crippen molar-refractivity contribution in [3.63, 3.8) is 0 Å². The van der Waals surface area contributed by atoms with E-state index in [4.69, 9.17) is 0 Å². The number of nitrogens with one attached hydrogen (secondary N) is 1. The minimum absolute atomic E-state index is 0.0222. The first kappa shape index (κ1) is 24.6. The van der Waals surface area contributed by atoms with Gasteiger partial charge in [0.15, 0.2) is 5.69 Å². The van der Waals surface area contributed by atoms with Gasteiger partial charge in [-0.3, -0.25) is 14.4 Å². The number of benzene rings is 1. The first-order chi connectivity index (χ1) is 15.6. The number of para-hydroxylation sites is 1. The minimum atomic E-state index is -0.382. The highest BCUT2D eigenvalue weighted by molar-refractivity contribution is 5.92. The van der Waals surface area contributed by atoms with Crippen LogP contribution in [-0.2, 0) is 4.79 Å². The molecular formula is C25H35N5O3. The summed E-state index contributed by atoms with van der Waals surface area (Å²) in [6.07, 6.45) is 1.15. The molecule has 1 fully saturated rings. The van der Waals surface area contributed by atoms with E-state index in [9.17, 15) is 14.4 Å². The highest BCUT2D eigenvalue weighted by Gasteiger charge is 2.30. The summed E-state index contributed by atoms with van der Waals surface area (Å²) in [7, 11) is 4.04. The summed E-state index contributed by atoms with van der Waals surface area (Å²) >= 11 is 0. The average Bonchev–Trinajstić information content (AvgIpc) is 2.77.